The molecule has 2 N–H and O–H groups in total. The van der Waals surface area contributed by atoms with Gasteiger partial charge in [-0.2, -0.15) is 0 Å². The Hall–Kier alpha value is -2.65. The summed E-state index contributed by atoms with van der Waals surface area (Å²) in [5, 5.41) is 18.2. The molecule has 0 spiro atoms. The van der Waals surface area contributed by atoms with Gasteiger partial charge in [-0.1, -0.05) is 54.8 Å². The van der Waals surface area contributed by atoms with E-state index < -0.39 is 30.3 Å². The maximum absolute atomic E-state index is 12.6. The van der Waals surface area contributed by atoms with Crippen molar-refractivity contribution >= 4 is 52.2 Å². The molecule has 1 fully saturated rings. The van der Waals surface area contributed by atoms with Crippen LogP contribution >= 0.6 is 24.0 Å². The number of ether oxygens (including phenoxy) is 1. The van der Waals surface area contributed by atoms with Crippen molar-refractivity contribution in [2.45, 2.75) is 12.5 Å². The predicted octanol–water partition coefficient (Wildman–Crippen LogP) is 2.38. The topological polar surface area (TPSA) is 104 Å². The van der Waals surface area contributed by atoms with E-state index in [0.29, 0.717) is 11.3 Å². The van der Waals surface area contributed by atoms with Gasteiger partial charge in [0.1, 0.15) is 22.7 Å². The number of nitrogens with zero attached hydrogens (tertiary/aromatic N) is 1. The lowest BCUT2D eigenvalue weighted by Gasteiger charge is -2.21. The molecule has 0 radical (unpaired) electrons. The highest BCUT2D eigenvalue weighted by Gasteiger charge is 2.41. The average molecular weight is 393 g/mol. The van der Waals surface area contributed by atoms with E-state index in [4.69, 9.17) is 22.1 Å². The first kappa shape index (κ1) is 19.7. The summed E-state index contributed by atoms with van der Waals surface area (Å²) in [5.41, 5.74) is 0.611. The molecule has 26 heavy (non-hydrogen) atoms. The Morgan fingerprint density at radius 3 is 2.65 bits per heavy atom. The summed E-state index contributed by atoms with van der Waals surface area (Å²) in [5.74, 6) is -2.89. The summed E-state index contributed by atoms with van der Waals surface area (Å²) >= 11 is 6.01. The Kier molecular flexibility index (Phi) is 6.53. The second kappa shape index (κ2) is 8.63. The standard InChI is InChI=1S/C17H15NO6S2/c1-2-7-24-12-6-4-3-5-10(12)8-13-15(21)18(17(25)26-13)11(16(22)23)9-14(19)20/h2-6,8,11H,1,7,9H2,(H,19,20)(H,22,23)/b13-8-/t11-/m1/s1. The molecular weight excluding hydrogens is 378 g/mol. The van der Waals surface area contributed by atoms with Crippen molar-refractivity contribution < 1.29 is 29.3 Å². The lowest BCUT2D eigenvalue weighted by Crippen LogP contribution is -2.45. The van der Waals surface area contributed by atoms with Crippen molar-refractivity contribution in [3.63, 3.8) is 0 Å². The molecule has 1 heterocycles. The minimum Gasteiger partial charge on any atom is -0.489 e. The number of carbonyl (C=O) groups is 3. The fourth-order valence-corrected chi connectivity index (χ4v) is 3.57. The third-order valence-corrected chi connectivity index (χ3v) is 4.68. The second-order valence-electron chi connectivity index (χ2n) is 5.14. The lowest BCUT2D eigenvalue weighted by atomic mass is 10.1. The van der Waals surface area contributed by atoms with E-state index in [1.807, 2.05) is 0 Å². The molecule has 1 aromatic rings. The van der Waals surface area contributed by atoms with Crippen molar-refractivity contribution in [2.75, 3.05) is 6.61 Å². The summed E-state index contributed by atoms with van der Waals surface area (Å²) in [6.45, 7) is 3.86. The van der Waals surface area contributed by atoms with Gasteiger partial charge in [-0.15, -0.1) is 0 Å². The molecule has 2 rings (SSSR count). The maximum Gasteiger partial charge on any atom is 0.327 e. The quantitative estimate of drug-likeness (QED) is 0.394. The first-order chi connectivity index (χ1) is 12.3. The number of thioether (sulfide) groups is 1. The largest absolute Gasteiger partial charge is 0.489 e. The van der Waals surface area contributed by atoms with Gasteiger partial charge in [0, 0.05) is 5.56 Å². The number of rotatable bonds is 8. The highest BCUT2D eigenvalue weighted by molar-refractivity contribution is 8.26. The molecule has 0 aromatic heterocycles. The zero-order valence-electron chi connectivity index (χ0n) is 13.5. The molecule has 1 aliphatic rings. The average Bonchev–Trinajstić information content (AvgIpc) is 2.85. The van der Waals surface area contributed by atoms with E-state index in [1.165, 1.54) is 6.08 Å². The monoisotopic (exact) mass is 393 g/mol. The van der Waals surface area contributed by atoms with E-state index in [1.54, 1.807) is 30.3 Å². The highest BCUT2D eigenvalue weighted by atomic mass is 32.2. The van der Waals surface area contributed by atoms with Gasteiger partial charge < -0.3 is 14.9 Å². The van der Waals surface area contributed by atoms with Crippen molar-refractivity contribution in [1.82, 2.24) is 4.90 Å². The van der Waals surface area contributed by atoms with E-state index in [0.717, 1.165) is 16.7 Å². The molecule has 1 amide bonds. The number of aliphatic carboxylic acids is 2. The molecule has 1 atom stereocenters. The lowest BCUT2D eigenvalue weighted by molar-refractivity contribution is -0.150. The van der Waals surface area contributed by atoms with Crippen LogP contribution in [0.1, 0.15) is 12.0 Å². The van der Waals surface area contributed by atoms with E-state index in [2.05, 4.69) is 6.58 Å². The number of thiocarbonyl (C=S) groups is 1. The van der Waals surface area contributed by atoms with Crippen molar-refractivity contribution in [3.8, 4) is 5.75 Å². The van der Waals surface area contributed by atoms with E-state index >= 15 is 0 Å². The van der Waals surface area contributed by atoms with Gasteiger partial charge >= 0.3 is 11.9 Å². The Morgan fingerprint density at radius 1 is 1.35 bits per heavy atom. The predicted molar refractivity (Wildman–Crippen MR) is 101 cm³/mol. The molecule has 9 heteroatoms. The maximum atomic E-state index is 12.6. The number of hydrogen-bond donors (Lipinski definition) is 2. The number of carbonyl (C=O) groups excluding carboxylic acids is 1. The first-order valence-corrected chi connectivity index (χ1v) is 8.62. The summed E-state index contributed by atoms with van der Waals surface area (Å²) in [7, 11) is 0. The molecule has 1 aromatic carbocycles. The van der Waals surface area contributed by atoms with Crippen LogP contribution in [0.15, 0.2) is 41.8 Å². The Labute approximate surface area is 158 Å². The highest BCUT2D eigenvalue weighted by Crippen LogP contribution is 2.36. The fourth-order valence-electron chi connectivity index (χ4n) is 2.22. The summed E-state index contributed by atoms with van der Waals surface area (Å²) in [6, 6.07) is 5.43. The molecule has 0 aliphatic carbocycles. The van der Waals surface area contributed by atoms with Gasteiger partial charge in [0.25, 0.3) is 5.91 Å². The zero-order chi connectivity index (χ0) is 19.3. The van der Waals surface area contributed by atoms with E-state index in [-0.39, 0.29) is 15.8 Å². The number of carboxylic acid groups (broad SMARTS) is 2. The molecule has 136 valence electrons. The van der Waals surface area contributed by atoms with Gasteiger partial charge in [-0.3, -0.25) is 14.5 Å². The Balaban J connectivity index is 2.33. The van der Waals surface area contributed by atoms with Crippen LogP contribution < -0.4 is 4.74 Å². The third-order valence-electron chi connectivity index (χ3n) is 3.35. The van der Waals surface area contributed by atoms with Gasteiger partial charge in [-0.05, 0) is 12.1 Å². The van der Waals surface area contributed by atoms with Gasteiger partial charge in [0.2, 0.25) is 0 Å². The number of carboxylic acids is 2. The van der Waals surface area contributed by atoms with Crippen molar-refractivity contribution in [2.24, 2.45) is 0 Å². The number of amides is 1. The van der Waals surface area contributed by atoms with Gasteiger partial charge in [-0.25, -0.2) is 4.79 Å². The summed E-state index contributed by atoms with van der Waals surface area (Å²) in [6.07, 6.45) is 2.38. The van der Waals surface area contributed by atoms with Crippen LogP contribution in [-0.4, -0.2) is 49.9 Å². The molecular formula is C17H15NO6S2. The number of hydrogen-bond acceptors (Lipinski definition) is 6. The molecule has 0 saturated carbocycles. The van der Waals surface area contributed by atoms with Crippen LogP contribution in [0.4, 0.5) is 0 Å². The molecule has 0 unspecified atom stereocenters. The first-order valence-electron chi connectivity index (χ1n) is 7.39. The minimum atomic E-state index is -1.56. The molecule has 0 bridgehead atoms. The zero-order valence-corrected chi connectivity index (χ0v) is 15.1. The van der Waals surface area contributed by atoms with Crippen LogP contribution in [0.2, 0.25) is 0 Å². The minimum absolute atomic E-state index is 0.000564. The van der Waals surface area contributed by atoms with Crippen LogP contribution in [0, 0.1) is 0 Å². The molecule has 1 saturated heterocycles. The second-order valence-corrected chi connectivity index (χ2v) is 6.82. The molecule has 7 nitrogen and oxygen atoms in total. The van der Waals surface area contributed by atoms with Crippen molar-refractivity contribution in [1.29, 1.82) is 0 Å². The number of benzene rings is 1. The normalized spacial score (nSPS) is 16.6. The Bertz CT molecular complexity index is 804. The van der Waals surface area contributed by atoms with Crippen LogP contribution in [0.25, 0.3) is 6.08 Å². The smallest absolute Gasteiger partial charge is 0.327 e. The fraction of sp³-hybridized carbons (Fsp3) is 0.176. The SMILES string of the molecule is C=CCOc1ccccc1/C=C1\SC(=S)N([C@H](CC(=O)O)C(=O)O)C1=O. The van der Waals surface area contributed by atoms with Crippen LogP contribution in [0.3, 0.4) is 0 Å². The molecule has 1 aliphatic heterocycles. The van der Waals surface area contributed by atoms with Gasteiger partial charge in [0.05, 0.1) is 11.3 Å². The summed E-state index contributed by atoms with van der Waals surface area (Å²) in [4.78, 5) is 35.9. The Morgan fingerprint density at radius 2 is 2.04 bits per heavy atom. The van der Waals surface area contributed by atoms with Crippen LogP contribution in [-0.2, 0) is 14.4 Å². The number of para-hydroxylation sites is 1. The van der Waals surface area contributed by atoms with E-state index in [9.17, 15) is 19.5 Å². The van der Waals surface area contributed by atoms with Gasteiger partial charge in [0.15, 0.2) is 0 Å². The van der Waals surface area contributed by atoms with Crippen LogP contribution in [0.5, 0.6) is 5.75 Å². The third kappa shape index (κ3) is 4.50. The van der Waals surface area contributed by atoms with Crippen molar-refractivity contribution in [3.05, 3.63) is 47.4 Å². The summed E-state index contributed by atoms with van der Waals surface area (Å²) < 4.78 is 5.52.